The molecule has 0 unspecified atom stereocenters. The minimum absolute atomic E-state index is 0.00926. The zero-order chi connectivity index (χ0) is 19.5. The van der Waals surface area contributed by atoms with Gasteiger partial charge in [-0.25, -0.2) is 4.79 Å². The zero-order valence-corrected chi connectivity index (χ0v) is 14.8. The lowest BCUT2D eigenvalue weighted by Crippen LogP contribution is -2.21. The Hall–Kier alpha value is -3.80. The number of benzene rings is 3. The highest BCUT2D eigenvalue weighted by Crippen LogP contribution is 2.34. The number of ether oxygens (including phenoxy) is 2. The van der Waals surface area contributed by atoms with Gasteiger partial charge in [0.05, 0.1) is 16.8 Å². The zero-order valence-electron chi connectivity index (χ0n) is 14.8. The standard InChI is InChI=1S/C22H17NO5/c24-21(17-7-4-8-19-20(17)28-12-11-27-19)23-18-13-15(9-10-16(18)22(25)26)14-5-2-1-3-6-14/h1-10,13H,11-12H2,(H,23,24)(H,25,26). The molecule has 0 bridgehead atoms. The van der Waals surface area contributed by atoms with Crippen molar-refractivity contribution in [3.05, 3.63) is 77.9 Å². The van der Waals surface area contributed by atoms with Gasteiger partial charge in [-0.15, -0.1) is 0 Å². The smallest absolute Gasteiger partial charge is 0.337 e. The van der Waals surface area contributed by atoms with Crippen molar-refractivity contribution >= 4 is 17.6 Å². The van der Waals surface area contributed by atoms with Crippen molar-refractivity contribution in [2.45, 2.75) is 0 Å². The lowest BCUT2D eigenvalue weighted by atomic mass is 10.0. The summed E-state index contributed by atoms with van der Waals surface area (Å²) in [4.78, 5) is 24.5. The minimum Gasteiger partial charge on any atom is -0.486 e. The first-order chi connectivity index (χ1) is 13.6. The number of rotatable bonds is 4. The summed E-state index contributed by atoms with van der Waals surface area (Å²) in [5, 5.41) is 12.2. The van der Waals surface area contributed by atoms with Crippen LogP contribution in [-0.2, 0) is 0 Å². The lowest BCUT2D eigenvalue weighted by molar-refractivity contribution is 0.0698. The minimum atomic E-state index is -1.12. The molecule has 1 heterocycles. The van der Waals surface area contributed by atoms with Crippen molar-refractivity contribution in [3.63, 3.8) is 0 Å². The van der Waals surface area contributed by atoms with Crippen molar-refractivity contribution < 1.29 is 24.2 Å². The predicted octanol–water partition coefficient (Wildman–Crippen LogP) is 4.08. The van der Waals surface area contributed by atoms with Crippen LogP contribution in [0.15, 0.2) is 66.7 Å². The van der Waals surface area contributed by atoms with Crippen LogP contribution in [0.5, 0.6) is 11.5 Å². The quantitative estimate of drug-likeness (QED) is 0.718. The fourth-order valence-electron chi connectivity index (χ4n) is 3.09. The van der Waals surface area contributed by atoms with Crippen LogP contribution in [0, 0.1) is 0 Å². The van der Waals surface area contributed by atoms with Crippen LogP contribution >= 0.6 is 0 Å². The highest BCUT2D eigenvalue weighted by atomic mass is 16.6. The molecule has 0 saturated carbocycles. The molecule has 3 aromatic rings. The molecule has 6 heteroatoms. The Morgan fingerprint density at radius 3 is 2.39 bits per heavy atom. The van der Waals surface area contributed by atoms with E-state index in [9.17, 15) is 14.7 Å². The van der Waals surface area contributed by atoms with E-state index in [0.29, 0.717) is 30.3 Å². The van der Waals surface area contributed by atoms with Crippen LogP contribution in [0.4, 0.5) is 5.69 Å². The number of carbonyl (C=O) groups excluding carboxylic acids is 1. The molecule has 2 N–H and O–H groups in total. The Kier molecular flexibility index (Phi) is 4.68. The normalized spacial score (nSPS) is 12.3. The van der Waals surface area contributed by atoms with Gasteiger partial charge in [-0.2, -0.15) is 0 Å². The maximum absolute atomic E-state index is 12.9. The molecule has 1 amide bonds. The molecule has 3 aromatic carbocycles. The molecule has 0 aliphatic carbocycles. The van der Waals surface area contributed by atoms with Gasteiger partial charge in [0.25, 0.3) is 5.91 Å². The highest BCUT2D eigenvalue weighted by Gasteiger charge is 2.22. The van der Waals surface area contributed by atoms with E-state index in [1.165, 1.54) is 6.07 Å². The Bertz CT molecular complexity index is 1050. The third kappa shape index (κ3) is 3.40. The van der Waals surface area contributed by atoms with Gasteiger partial charge in [-0.05, 0) is 35.4 Å². The third-order valence-corrected chi connectivity index (χ3v) is 4.42. The van der Waals surface area contributed by atoms with E-state index in [1.807, 2.05) is 30.3 Å². The topological polar surface area (TPSA) is 84.9 Å². The summed E-state index contributed by atoms with van der Waals surface area (Å²) in [5.74, 6) is -0.725. The van der Waals surface area contributed by atoms with E-state index < -0.39 is 11.9 Å². The van der Waals surface area contributed by atoms with Gasteiger partial charge in [-0.1, -0.05) is 42.5 Å². The van der Waals surface area contributed by atoms with Crippen molar-refractivity contribution in [3.8, 4) is 22.6 Å². The van der Waals surface area contributed by atoms with E-state index >= 15 is 0 Å². The van der Waals surface area contributed by atoms with Crippen LogP contribution in [-0.4, -0.2) is 30.2 Å². The van der Waals surface area contributed by atoms with Gasteiger partial charge in [0.2, 0.25) is 0 Å². The van der Waals surface area contributed by atoms with Crippen LogP contribution < -0.4 is 14.8 Å². The number of carboxylic acid groups (broad SMARTS) is 1. The lowest BCUT2D eigenvalue weighted by Gasteiger charge is -2.20. The van der Waals surface area contributed by atoms with Crippen molar-refractivity contribution in [1.29, 1.82) is 0 Å². The predicted molar refractivity (Wildman–Crippen MR) is 104 cm³/mol. The molecule has 0 fully saturated rings. The number of para-hydroxylation sites is 1. The summed E-state index contributed by atoms with van der Waals surface area (Å²) < 4.78 is 11.1. The molecule has 1 aliphatic rings. The average Bonchev–Trinajstić information content (AvgIpc) is 2.73. The molecule has 0 atom stereocenters. The molecule has 0 spiro atoms. The largest absolute Gasteiger partial charge is 0.486 e. The second kappa shape index (κ2) is 7.44. The van der Waals surface area contributed by atoms with E-state index in [0.717, 1.165) is 11.1 Å². The summed E-state index contributed by atoms with van der Waals surface area (Å²) in [5.41, 5.74) is 2.24. The molecule has 0 saturated heterocycles. The summed E-state index contributed by atoms with van der Waals surface area (Å²) in [6.45, 7) is 0.765. The SMILES string of the molecule is O=C(O)c1ccc(-c2ccccc2)cc1NC(=O)c1cccc2c1OCCO2. The first-order valence-electron chi connectivity index (χ1n) is 8.76. The molecule has 4 rings (SSSR count). The molecule has 6 nitrogen and oxygen atoms in total. The van der Waals surface area contributed by atoms with Gasteiger partial charge < -0.3 is 19.9 Å². The van der Waals surface area contributed by atoms with E-state index in [4.69, 9.17) is 9.47 Å². The number of fused-ring (bicyclic) bond motifs is 1. The van der Waals surface area contributed by atoms with Gasteiger partial charge in [0, 0.05) is 0 Å². The molecule has 28 heavy (non-hydrogen) atoms. The van der Waals surface area contributed by atoms with Gasteiger partial charge in [-0.3, -0.25) is 4.79 Å². The fourth-order valence-corrected chi connectivity index (χ4v) is 3.09. The maximum atomic E-state index is 12.9. The highest BCUT2D eigenvalue weighted by molar-refractivity contribution is 6.10. The first-order valence-corrected chi connectivity index (χ1v) is 8.76. The third-order valence-electron chi connectivity index (χ3n) is 4.42. The summed E-state index contributed by atoms with van der Waals surface area (Å²) in [6.07, 6.45) is 0. The summed E-state index contributed by atoms with van der Waals surface area (Å²) >= 11 is 0. The number of nitrogens with one attached hydrogen (secondary N) is 1. The molecule has 1 aliphatic heterocycles. The van der Waals surface area contributed by atoms with Gasteiger partial charge in [0.15, 0.2) is 11.5 Å². The number of hydrogen-bond donors (Lipinski definition) is 2. The van der Waals surface area contributed by atoms with Crippen LogP contribution in [0.2, 0.25) is 0 Å². The van der Waals surface area contributed by atoms with Crippen molar-refractivity contribution in [1.82, 2.24) is 0 Å². The maximum Gasteiger partial charge on any atom is 0.337 e. The molecule has 0 aromatic heterocycles. The van der Waals surface area contributed by atoms with E-state index in [-0.39, 0.29) is 11.3 Å². The number of carbonyl (C=O) groups is 2. The Labute approximate surface area is 161 Å². The average molecular weight is 375 g/mol. The van der Waals surface area contributed by atoms with Gasteiger partial charge >= 0.3 is 5.97 Å². The number of amides is 1. The monoisotopic (exact) mass is 375 g/mol. The molecular formula is C22H17NO5. The first kappa shape index (κ1) is 17.6. The number of carboxylic acids is 1. The van der Waals surface area contributed by atoms with Gasteiger partial charge in [0.1, 0.15) is 13.2 Å². The van der Waals surface area contributed by atoms with Crippen molar-refractivity contribution in [2.75, 3.05) is 18.5 Å². The fraction of sp³-hybridized carbons (Fsp3) is 0.0909. The second-order valence-electron chi connectivity index (χ2n) is 6.22. The van der Waals surface area contributed by atoms with Crippen LogP contribution in [0.1, 0.15) is 20.7 Å². The summed E-state index contributed by atoms with van der Waals surface area (Å²) in [7, 11) is 0. The molecular weight excluding hydrogens is 358 g/mol. The number of aromatic carboxylic acids is 1. The molecule has 140 valence electrons. The number of anilines is 1. The Balaban J connectivity index is 1.71. The Morgan fingerprint density at radius 1 is 0.821 bits per heavy atom. The Morgan fingerprint density at radius 2 is 1.61 bits per heavy atom. The van der Waals surface area contributed by atoms with Crippen molar-refractivity contribution in [2.24, 2.45) is 0 Å². The van der Waals surface area contributed by atoms with E-state index in [2.05, 4.69) is 5.32 Å². The molecule has 0 radical (unpaired) electrons. The summed E-state index contributed by atoms with van der Waals surface area (Å²) in [6, 6.07) is 19.4. The number of hydrogen-bond acceptors (Lipinski definition) is 4. The second-order valence-corrected chi connectivity index (χ2v) is 6.22. The van der Waals surface area contributed by atoms with Crippen LogP contribution in [0.25, 0.3) is 11.1 Å². The van der Waals surface area contributed by atoms with E-state index in [1.54, 1.807) is 30.3 Å². The van der Waals surface area contributed by atoms with Crippen LogP contribution in [0.3, 0.4) is 0 Å².